The number of aliphatic hydroxyl groups is 1. The predicted molar refractivity (Wildman–Crippen MR) is 31.9 cm³/mol. The number of rotatable bonds is 2. The highest BCUT2D eigenvalue weighted by Gasteiger charge is 2.21. The molecule has 1 unspecified atom stereocenters. The van der Waals surface area contributed by atoms with Gasteiger partial charge in [0.05, 0.1) is 19.8 Å². The summed E-state index contributed by atoms with van der Waals surface area (Å²) in [5.41, 5.74) is 0. The van der Waals surface area contributed by atoms with Gasteiger partial charge < -0.3 is 14.6 Å². The van der Waals surface area contributed by atoms with E-state index < -0.39 is 0 Å². The van der Waals surface area contributed by atoms with Crippen LogP contribution in [0.4, 0.5) is 0 Å². The van der Waals surface area contributed by atoms with Gasteiger partial charge in [0.1, 0.15) is 0 Å². The molecule has 54 valence electrons. The molecule has 0 aromatic rings. The van der Waals surface area contributed by atoms with Gasteiger partial charge in [-0.15, -0.1) is 0 Å². The summed E-state index contributed by atoms with van der Waals surface area (Å²) in [6.07, 6.45) is -0.171. The van der Waals surface area contributed by atoms with E-state index in [1.807, 2.05) is 6.92 Å². The maximum absolute atomic E-state index is 8.64. The normalized spacial score (nSPS) is 24.7. The van der Waals surface area contributed by atoms with Gasteiger partial charge in [0.25, 0.3) is 0 Å². The van der Waals surface area contributed by atoms with Crippen molar-refractivity contribution in [2.75, 3.05) is 19.8 Å². The second-order valence-electron chi connectivity index (χ2n) is 2.27. The lowest BCUT2D eigenvalue weighted by Gasteiger charge is -2.13. The van der Waals surface area contributed by atoms with Gasteiger partial charge in [0.2, 0.25) is 0 Å². The first-order valence-electron chi connectivity index (χ1n) is 3.18. The maximum atomic E-state index is 8.64. The molecular formula is C6H12O3. The summed E-state index contributed by atoms with van der Waals surface area (Å²) in [5.74, 6) is 0.104. The van der Waals surface area contributed by atoms with Crippen molar-refractivity contribution in [3.8, 4) is 0 Å². The van der Waals surface area contributed by atoms with E-state index in [1.165, 1.54) is 0 Å². The third-order valence-corrected chi connectivity index (χ3v) is 1.40. The minimum Gasteiger partial charge on any atom is -0.396 e. The number of aliphatic hydroxyl groups excluding tert-OH is 1. The summed E-state index contributed by atoms with van der Waals surface area (Å²) in [6.45, 7) is 3.35. The third-order valence-electron chi connectivity index (χ3n) is 1.40. The van der Waals surface area contributed by atoms with Crippen LogP contribution in [0.15, 0.2) is 0 Å². The van der Waals surface area contributed by atoms with Crippen LogP contribution in [0.3, 0.4) is 0 Å². The molecule has 1 fully saturated rings. The standard InChI is InChI=1S/C6H12O3/c1-5(4-7)6-8-2-3-9-6/h5-7H,2-4H2,1H3. The van der Waals surface area contributed by atoms with Gasteiger partial charge in [-0.3, -0.25) is 0 Å². The maximum Gasteiger partial charge on any atom is 0.162 e. The first-order valence-corrected chi connectivity index (χ1v) is 3.18. The summed E-state index contributed by atoms with van der Waals surface area (Å²) in [7, 11) is 0. The number of ether oxygens (including phenoxy) is 2. The van der Waals surface area contributed by atoms with Gasteiger partial charge in [-0.25, -0.2) is 0 Å². The molecule has 1 atom stereocenters. The highest BCUT2D eigenvalue weighted by Crippen LogP contribution is 2.12. The van der Waals surface area contributed by atoms with Gasteiger partial charge in [0.15, 0.2) is 6.29 Å². The highest BCUT2D eigenvalue weighted by molar-refractivity contribution is 4.58. The quantitative estimate of drug-likeness (QED) is 0.574. The number of hydrogen-bond donors (Lipinski definition) is 1. The molecule has 1 rings (SSSR count). The fourth-order valence-corrected chi connectivity index (χ4v) is 0.791. The zero-order chi connectivity index (χ0) is 6.69. The molecule has 9 heavy (non-hydrogen) atoms. The Morgan fingerprint density at radius 1 is 1.56 bits per heavy atom. The van der Waals surface area contributed by atoms with Crippen LogP contribution in [0.2, 0.25) is 0 Å². The van der Waals surface area contributed by atoms with Crippen LogP contribution in [0.25, 0.3) is 0 Å². The van der Waals surface area contributed by atoms with Crippen molar-refractivity contribution in [2.45, 2.75) is 13.2 Å². The molecular weight excluding hydrogens is 120 g/mol. The van der Waals surface area contributed by atoms with Crippen LogP contribution in [0.1, 0.15) is 6.92 Å². The van der Waals surface area contributed by atoms with E-state index in [9.17, 15) is 0 Å². The molecule has 0 saturated carbocycles. The molecule has 1 saturated heterocycles. The van der Waals surface area contributed by atoms with Crippen molar-refractivity contribution < 1.29 is 14.6 Å². The van der Waals surface area contributed by atoms with E-state index >= 15 is 0 Å². The fourth-order valence-electron chi connectivity index (χ4n) is 0.791. The van der Waals surface area contributed by atoms with Crippen LogP contribution in [0, 0.1) is 5.92 Å². The van der Waals surface area contributed by atoms with Gasteiger partial charge in [-0.1, -0.05) is 6.92 Å². The van der Waals surface area contributed by atoms with Crippen LogP contribution in [-0.4, -0.2) is 31.2 Å². The molecule has 3 heteroatoms. The van der Waals surface area contributed by atoms with Crippen molar-refractivity contribution in [3.05, 3.63) is 0 Å². The second kappa shape index (κ2) is 3.15. The lowest BCUT2D eigenvalue weighted by molar-refractivity contribution is -0.0899. The van der Waals surface area contributed by atoms with Crippen molar-refractivity contribution in [1.29, 1.82) is 0 Å². The molecule has 0 aromatic carbocycles. The van der Waals surface area contributed by atoms with E-state index in [0.29, 0.717) is 13.2 Å². The Hall–Kier alpha value is -0.120. The molecule has 1 N–H and O–H groups in total. The smallest absolute Gasteiger partial charge is 0.162 e. The lowest BCUT2D eigenvalue weighted by atomic mass is 10.2. The summed E-state index contributed by atoms with van der Waals surface area (Å²) < 4.78 is 10.2. The lowest BCUT2D eigenvalue weighted by Crippen LogP contribution is -2.21. The predicted octanol–water partition coefficient (Wildman–Crippen LogP) is -0.0123. The van der Waals surface area contributed by atoms with E-state index in [1.54, 1.807) is 0 Å². The Labute approximate surface area is 54.6 Å². The minimum atomic E-state index is -0.171. The molecule has 0 bridgehead atoms. The van der Waals surface area contributed by atoms with Crippen LogP contribution < -0.4 is 0 Å². The molecule has 0 amide bonds. The van der Waals surface area contributed by atoms with Gasteiger partial charge in [-0.2, -0.15) is 0 Å². The third kappa shape index (κ3) is 1.64. The van der Waals surface area contributed by atoms with Crippen molar-refractivity contribution in [3.63, 3.8) is 0 Å². The van der Waals surface area contributed by atoms with Crippen LogP contribution in [-0.2, 0) is 9.47 Å². The summed E-state index contributed by atoms with van der Waals surface area (Å²) in [4.78, 5) is 0. The van der Waals surface area contributed by atoms with Gasteiger partial charge >= 0.3 is 0 Å². The number of hydrogen-bond acceptors (Lipinski definition) is 3. The topological polar surface area (TPSA) is 38.7 Å². The second-order valence-corrected chi connectivity index (χ2v) is 2.27. The first kappa shape index (κ1) is 6.99. The molecule has 0 spiro atoms. The van der Waals surface area contributed by atoms with Gasteiger partial charge in [-0.05, 0) is 0 Å². The fraction of sp³-hybridized carbons (Fsp3) is 1.00. The Morgan fingerprint density at radius 2 is 2.11 bits per heavy atom. The molecule has 0 radical (unpaired) electrons. The highest BCUT2D eigenvalue weighted by atomic mass is 16.7. The molecule has 1 heterocycles. The van der Waals surface area contributed by atoms with Crippen LogP contribution >= 0.6 is 0 Å². The Kier molecular flexibility index (Phi) is 2.45. The van der Waals surface area contributed by atoms with E-state index in [0.717, 1.165) is 0 Å². The summed E-state index contributed by atoms with van der Waals surface area (Å²) in [6, 6.07) is 0. The molecule has 0 aliphatic carbocycles. The Morgan fingerprint density at radius 3 is 2.56 bits per heavy atom. The van der Waals surface area contributed by atoms with Crippen molar-refractivity contribution in [2.24, 2.45) is 5.92 Å². The van der Waals surface area contributed by atoms with Crippen molar-refractivity contribution >= 4 is 0 Å². The zero-order valence-electron chi connectivity index (χ0n) is 5.54. The first-order chi connectivity index (χ1) is 4.34. The molecule has 3 nitrogen and oxygen atoms in total. The monoisotopic (exact) mass is 132 g/mol. The van der Waals surface area contributed by atoms with E-state index in [4.69, 9.17) is 14.6 Å². The molecule has 1 aliphatic heterocycles. The van der Waals surface area contributed by atoms with Crippen LogP contribution in [0.5, 0.6) is 0 Å². The van der Waals surface area contributed by atoms with Gasteiger partial charge in [0, 0.05) is 5.92 Å². The Balaban J connectivity index is 2.24. The minimum absolute atomic E-state index is 0.104. The Bertz CT molecular complexity index is 78.4. The molecule has 0 aromatic heterocycles. The van der Waals surface area contributed by atoms with E-state index in [-0.39, 0.29) is 18.8 Å². The summed E-state index contributed by atoms with van der Waals surface area (Å²) >= 11 is 0. The average molecular weight is 132 g/mol. The largest absolute Gasteiger partial charge is 0.396 e. The van der Waals surface area contributed by atoms with E-state index in [2.05, 4.69) is 0 Å². The van der Waals surface area contributed by atoms with Crippen molar-refractivity contribution in [1.82, 2.24) is 0 Å². The average Bonchev–Trinajstić information content (AvgIpc) is 2.37. The zero-order valence-corrected chi connectivity index (χ0v) is 5.54. The SMILES string of the molecule is CC(CO)C1OCCO1. The summed E-state index contributed by atoms with van der Waals surface area (Å²) in [5, 5.41) is 8.64. The molecule has 1 aliphatic rings.